The summed E-state index contributed by atoms with van der Waals surface area (Å²) < 4.78 is 28.0. The molecule has 1 unspecified atom stereocenters. The van der Waals surface area contributed by atoms with Gasteiger partial charge >= 0.3 is 0 Å². The Morgan fingerprint density at radius 1 is 1.24 bits per heavy atom. The van der Waals surface area contributed by atoms with Gasteiger partial charge in [0.15, 0.2) is 0 Å². The van der Waals surface area contributed by atoms with Crippen LogP contribution in [0, 0.1) is 10.1 Å². The number of hydrogen-bond donors (Lipinski definition) is 1. The first-order valence-corrected chi connectivity index (χ1v) is 11.9. The van der Waals surface area contributed by atoms with Crippen LogP contribution in [0.4, 0.5) is 5.69 Å². The van der Waals surface area contributed by atoms with Gasteiger partial charge in [0.05, 0.1) is 26.9 Å². The smallest absolute Gasteiger partial charge is 0.269 e. The number of rotatable bonds is 9. The van der Waals surface area contributed by atoms with E-state index in [1.807, 2.05) is 11.5 Å². The van der Waals surface area contributed by atoms with Crippen LogP contribution >= 0.6 is 0 Å². The molecule has 0 fully saturated rings. The zero-order chi connectivity index (χ0) is 24.3. The summed E-state index contributed by atoms with van der Waals surface area (Å²) in [4.78, 5) is 27.8. The number of aryl methyl sites for hydroxylation is 2. The highest BCUT2D eigenvalue weighted by atomic mass is 32.2. The molecule has 3 aromatic rings. The van der Waals surface area contributed by atoms with Crippen LogP contribution in [0.25, 0.3) is 11.0 Å². The minimum atomic E-state index is -3.57. The Bertz CT molecular complexity index is 1300. The second kappa shape index (κ2) is 9.67. The summed E-state index contributed by atoms with van der Waals surface area (Å²) in [6.07, 6.45) is 0.539. The molecule has 176 valence electrons. The van der Waals surface area contributed by atoms with Gasteiger partial charge in [0, 0.05) is 45.6 Å². The fourth-order valence-electron chi connectivity index (χ4n) is 3.60. The number of nitro benzene ring substituents is 1. The van der Waals surface area contributed by atoms with Crippen LogP contribution in [0.3, 0.4) is 0 Å². The fraction of sp³-hybridized carbons (Fsp3) is 0.364. The Balaban J connectivity index is 1.74. The highest BCUT2D eigenvalue weighted by Crippen LogP contribution is 2.23. The second-order valence-electron chi connectivity index (χ2n) is 7.85. The molecule has 1 amide bonds. The number of benzene rings is 2. The van der Waals surface area contributed by atoms with Crippen molar-refractivity contribution in [2.45, 2.75) is 44.2 Å². The largest absolute Gasteiger partial charge is 0.350 e. The molecule has 1 aromatic heterocycles. The zero-order valence-corrected chi connectivity index (χ0v) is 19.8. The van der Waals surface area contributed by atoms with E-state index in [2.05, 4.69) is 10.3 Å². The lowest BCUT2D eigenvalue weighted by atomic mass is 10.1. The third-order valence-corrected chi connectivity index (χ3v) is 7.24. The lowest BCUT2D eigenvalue weighted by Gasteiger charge is -2.14. The first kappa shape index (κ1) is 24.3. The van der Waals surface area contributed by atoms with Gasteiger partial charge in [0.2, 0.25) is 15.9 Å². The molecular formula is C22H27N5O5S. The van der Waals surface area contributed by atoms with E-state index in [9.17, 15) is 23.3 Å². The van der Waals surface area contributed by atoms with E-state index >= 15 is 0 Å². The second-order valence-corrected chi connectivity index (χ2v) is 10.0. The molecule has 11 heteroatoms. The van der Waals surface area contributed by atoms with Crippen molar-refractivity contribution >= 4 is 32.7 Å². The number of non-ortho nitro benzene ring substituents is 1. The summed E-state index contributed by atoms with van der Waals surface area (Å²) in [7, 11) is -0.625. The van der Waals surface area contributed by atoms with Crippen molar-refractivity contribution in [1.82, 2.24) is 19.2 Å². The maximum atomic E-state index is 12.5. The van der Waals surface area contributed by atoms with E-state index in [4.69, 9.17) is 0 Å². The highest BCUT2D eigenvalue weighted by molar-refractivity contribution is 7.89. The molecule has 1 heterocycles. The minimum absolute atomic E-state index is 0.0269. The number of nitrogens with zero attached hydrogens (tertiary/aromatic N) is 4. The van der Waals surface area contributed by atoms with Gasteiger partial charge < -0.3 is 9.88 Å². The SMILES string of the molecule is CCn1c(CCC(=O)NC(C)c2cccc([N+](=O)[O-])c2)nc2cc(S(=O)(=O)N(C)C)ccc21. The van der Waals surface area contributed by atoms with Crippen molar-refractivity contribution in [3.05, 3.63) is 64.0 Å². The maximum Gasteiger partial charge on any atom is 0.269 e. The maximum absolute atomic E-state index is 12.5. The van der Waals surface area contributed by atoms with Crippen LogP contribution in [0.5, 0.6) is 0 Å². The molecular weight excluding hydrogens is 446 g/mol. The van der Waals surface area contributed by atoms with Crippen LogP contribution in [-0.4, -0.2) is 47.2 Å². The molecule has 1 atom stereocenters. The molecule has 1 N–H and O–H groups in total. The Kier molecular flexibility index (Phi) is 7.13. The molecule has 0 aliphatic rings. The fourth-order valence-corrected chi connectivity index (χ4v) is 4.53. The van der Waals surface area contributed by atoms with E-state index in [1.54, 1.807) is 37.3 Å². The average molecular weight is 474 g/mol. The molecule has 2 aromatic carbocycles. The van der Waals surface area contributed by atoms with Gasteiger partial charge in [0.1, 0.15) is 5.82 Å². The highest BCUT2D eigenvalue weighted by Gasteiger charge is 2.20. The van der Waals surface area contributed by atoms with E-state index in [-0.39, 0.29) is 29.0 Å². The van der Waals surface area contributed by atoms with E-state index in [0.29, 0.717) is 29.9 Å². The lowest BCUT2D eigenvalue weighted by molar-refractivity contribution is -0.384. The summed E-state index contributed by atoms with van der Waals surface area (Å²) in [5.41, 5.74) is 1.98. The number of nitrogens with one attached hydrogen (secondary N) is 1. The number of aromatic nitrogens is 2. The zero-order valence-electron chi connectivity index (χ0n) is 19.0. The predicted octanol–water partition coefficient (Wildman–Crippen LogP) is 3.02. The van der Waals surface area contributed by atoms with E-state index < -0.39 is 14.9 Å². The molecule has 0 aliphatic heterocycles. The summed E-state index contributed by atoms with van der Waals surface area (Å²) in [6.45, 7) is 4.35. The first-order valence-electron chi connectivity index (χ1n) is 10.5. The molecule has 10 nitrogen and oxygen atoms in total. The van der Waals surface area contributed by atoms with Crippen molar-refractivity contribution in [2.75, 3.05) is 14.1 Å². The van der Waals surface area contributed by atoms with Crippen LogP contribution in [-0.2, 0) is 27.8 Å². The van der Waals surface area contributed by atoms with Crippen molar-refractivity contribution < 1.29 is 18.1 Å². The van der Waals surface area contributed by atoms with Gasteiger partial charge in [-0.25, -0.2) is 17.7 Å². The minimum Gasteiger partial charge on any atom is -0.350 e. The lowest BCUT2D eigenvalue weighted by Crippen LogP contribution is -2.27. The van der Waals surface area contributed by atoms with Gasteiger partial charge in [-0.05, 0) is 37.6 Å². The van der Waals surface area contributed by atoms with Gasteiger partial charge in [-0.15, -0.1) is 0 Å². The Morgan fingerprint density at radius 2 is 1.97 bits per heavy atom. The van der Waals surface area contributed by atoms with Gasteiger partial charge in [-0.3, -0.25) is 14.9 Å². The Labute approximate surface area is 192 Å². The van der Waals surface area contributed by atoms with Gasteiger partial charge in [0.25, 0.3) is 5.69 Å². The Hall–Kier alpha value is -3.31. The number of imidazole rings is 1. The molecule has 0 spiro atoms. The van der Waals surface area contributed by atoms with E-state index in [1.165, 1.54) is 26.2 Å². The summed E-state index contributed by atoms with van der Waals surface area (Å²) in [6, 6.07) is 10.6. The number of fused-ring (bicyclic) bond motifs is 1. The first-order chi connectivity index (χ1) is 15.5. The number of hydrogen-bond acceptors (Lipinski definition) is 6. The quantitative estimate of drug-likeness (QED) is 0.376. The topological polar surface area (TPSA) is 127 Å². The van der Waals surface area contributed by atoms with Crippen molar-refractivity contribution in [3.8, 4) is 0 Å². The van der Waals surface area contributed by atoms with E-state index in [0.717, 1.165) is 9.82 Å². The monoisotopic (exact) mass is 473 g/mol. The molecule has 0 aliphatic carbocycles. The van der Waals surface area contributed by atoms with Crippen molar-refractivity contribution in [1.29, 1.82) is 0 Å². The van der Waals surface area contributed by atoms with Crippen LogP contribution in [0.1, 0.15) is 37.7 Å². The summed E-state index contributed by atoms with van der Waals surface area (Å²) in [5, 5.41) is 13.8. The summed E-state index contributed by atoms with van der Waals surface area (Å²) in [5.74, 6) is 0.477. The van der Waals surface area contributed by atoms with Gasteiger partial charge in [-0.2, -0.15) is 0 Å². The standard InChI is InChI=1S/C22H27N5O5S/c1-5-26-20-10-9-18(33(31,32)25(3)4)14-19(20)24-21(26)11-12-22(28)23-15(2)16-7-6-8-17(13-16)27(29)30/h6-10,13-15H,5,11-12H2,1-4H3,(H,23,28). The molecule has 0 saturated carbocycles. The predicted molar refractivity (Wildman–Crippen MR) is 124 cm³/mol. The molecule has 0 radical (unpaired) electrons. The Morgan fingerprint density at radius 3 is 2.61 bits per heavy atom. The molecule has 33 heavy (non-hydrogen) atoms. The van der Waals surface area contributed by atoms with Crippen LogP contribution in [0.2, 0.25) is 0 Å². The van der Waals surface area contributed by atoms with Crippen molar-refractivity contribution in [2.24, 2.45) is 0 Å². The number of carbonyl (C=O) groups is 1. The number of carbonyl (C=O) groups excluding carboxylic acids is 1. The molecule has 0 saturated heterocycles. The normalized spacial score (nSPS) is 12.8. The van der Waals surface area contributed by atoms with Crippen LogP contribution < -0.4 is 5.32 Å². The number of sulfonamides is 1. The molecule has 0 bridgehead atoms. The average Bonchev–Trinajstić information content (AvgIpc) is 3.14. The molecule has 3 rings (SSSR count). The number of amides is 1. The van der Waals surface area contributed by atoms with Crippen LogP contribution in [0.15, 0.2) is 47.4 Å². The third-order valence-electron chi connectivity index (χ3n) is 5.43. The number of nitro groups is 1. The third kappa shape index (κ3) is 5.20. The van der Waals surface area contributed by atoms with Crippen molar-refractivity contribution in [3.63, 3.8) is 0 Å². The summed E-state index contributed by atoms with van der Waals surface area (Å²) >= 11 is 0. The van der Waals surface area contributed by atoms with Gasteiger partial charge in [-0.1, -0.05) is 12.1 Å².